The van der Waals surface area contributed by atoms with Crippen LogP contribution in [0.15, 0.2) is 61.1 Å². The third-order valence-electron chi connectivity index (χ3n) is 4.97. The van der Waals surface area contributed by atoms with Crippen molar-refractivity contribution in [1.29, 1.82) is 0 Å². The number of hydrogen-bond donors (Lipinski definition) is 2. The molecule has 1 amide bonds. The second-order valence-corrected chi connectivity index (χ2v) is 7.62. The Morgan fingerprint density at radius 1 is 1.06 bits per heavy atom. The van der Waals surface area contributed by atoms with E-state index in [1.54, 1.807) is 24.4 Å². The first-order chi connectivity index (χ1) is 16.9. The van der Waals surface area contributed by atoms with Crippen molar-refractivity contribution in [3.63, 3.8) is 0 Å². The van der Waals surface area contributed by atoms with Crippen LogP contribution in [0, 0.1) is 25.7 Å². The summed E-state index contributed by atoms with van der Waals surface area (Å²) in [5.74, 6) is 6.12. The SMILES string of the molecule is Cc1ccc(Oc2ccc(Nc3ncnc4ccc(C#CCNC(=O)C(F)F)cc34)cc2C)cn1. The van der Waals surface area contributed by atoms with Crippen LogP contribution in [-0.4, -0.2) is 33.8 Å². The highest BCUT2D eigenvalue weighted by atomic mass is 19.3. The fraction of sp³-hybridized carbons (Fsp3) is 0.154. The molecule has 0 aliphatic heterocycles. The van der Waals surface area contributed by atoms with E-state index >= 15 is 0 Å². The first-order valence-corrected chi connectivity index (χ1v) is 10.7. The third-order valence-corrected chi connectivity index (χ3v) is 4.97. The number of carbonyl (C=O) groups is 1. The van der Waals surface area contributed by atoms with Gasteiger partial charge in [0.1, 0.15) is 23.6 Å². The van der Waals surface area contributed by atoms with Crippen LogP contribution in [0.2, 0.25) is 0 Å². The van der Waals surface area contributed by atoms with E-state index in [0.29, 0.717) is 28.4 Å². The van der Waals surface area contributed by atoms with Crippen LogP contribution in [0.4, 0.5) is 20.3 Å². The van der Waals surface area contributed by atoms with Crippen molar-refractivity contribution in [2.45, 2.75) is 20.3 Å². The maximum atomic E-state index is 12.2. The van der Waals surface area contributed by atoms with E-state index in [2.05, 4.69) is 32.1 Å². The average molecular weight is 473 g/mol. The Labute approximate surface area is 200 Å². The number of ether oxygens (including phenoxy) is 1. The summed E-state index contributed by atoms with van der Waals surface area (Å²) in [7, 11) is 0. The molecule has 0 fully saturated rings. The Morgan fingerprint density at radius 2 is 1.91 bits per heavy atom. The zero-order valence-corrected chi connectivity index (χ0v) is 19.0. The molecule has 176 valence electrons. The van der Waals surface area contributed by atoms with Crippen molar-refractivity contribution in [3.8, 4) is 23.3 Å². The van der Waals surface area contributed by atoms with Crippen LogP contribution >= 0.6 is 0 Å². The molecule has 2 N–H and O–H groups in total. The van der Waals surface area contributed by atoms with E-state index in [9.17, 15) is 13.6 Å². The molecular weight excluding hydrogens is 452 g/mol. The number of aryl methyl sites for hydroxylation is 2. The molecule has 9 heteroatoms. The van der Waals surface area contributed by atoms with Gasteiger partial charge in [0.2, 0.25) is 0 Å². The number of fused-ring (bicyclic) bond motifs is 1. The summed E-state index contributed by atoms with van der Waals surface area (Å²) in [6.45, 7) is 3.68. The second kappa shape index (κ2) is 10.6. The second-order valence-electron chi connectivity index (χ2n) is 7.62. The van der Waals surface area contributed by atoms with Gasteiger partial charge in [0.05, 0.1) is 18.3 Å². The number of hydrogen-bond acceptors (Lipinski definition) is 6. The molecule has 0 atom stereocenters. The summed E-state index contributed by atoms with van der Waals surface area (Å²) < 4.78 is 30.4. The van der Waals surface area contributed by atoms with Gasteiger partial charge < -0.3 is 15.4 Å². The molecular formula is C26H21F2N5O2. The van der Waals surface area contributed by atoms with Crippen molar-refractivity contribution in [2.24, 2.45) is 0 Å². The van der Waals surface area contributed by atoms with E-state index in [-0.39, 0.29) is 6.54 Å². The van der Waals surface area contributed by atoms with E-state index in [4.69, 9.17) is 4.74 Å². The van der Waals surface area contributed by atoms with Gasteiger partial charge in [-0.3, -0.25) is 9.78 Å². The van der Waals surface area contributed by atoms with Crippen LogP contribution in [0.25, 0.3) is 10.9 Å². The molecule has 0 saturated heterocycles. The van der Waals surface area contributed by atoms with Crippen molar-refractivity contribution in [1.82, 2.24) is 20.3 Å². The Morgan fingerprint density at radius 3 is 2.66 bits per heavy atom. The summed E-state index contributed by atoms with van der Waals surface area (Å²) in [6, 6.07) is 14.8. The summed E-state index contributed by atoms with van der Waals surface area (Å²) in [5, 5.41) is 6.08. The number of rotatable bonds is 6. The highest BCUT2D eigenvalue weighted by Gasteiger charge is 2.13. The maximum Gasteiger partial charge on any atom is 0.315 e. The first-order valence-electron chi connectivity index (χ1n) is 10.7. The minimum absolute atomic E-state index is 0.177. The average Bonchev–Trinajstić information content (AvgIpc) is 2.85. The van der Waals surface area contributed by atoms with Gasteiger partial charge >= 0.3 is 6.43 Å². The highest BCUT2D eigenvalue weighted by molar-refractivity contribution is 5.91. The summed E-state index contributed by atoms with van der Waals surface area (Å²) in [5.41, 5.74) is 3.99. The molecule has 7 nitrogen and oxygen atoms in total. The number of halogens is 2. The minimum atomic E-state index is -3.06. The molecule has 35 heavy (non-hydrogen) atoms. The van der Waals surface area contributed by atoms with Crippen LogP contribution in [-0.2, 0) is 4.79 Å². The number of nitrogens with one attached hydrogen (secondary N) is 2. The molecule has 2 aromatic carbocycles. The monoisotopic (exact) mass is 473 g/mol. The summed E-state index contributed by atoms with van der Waals surface area (Å²) in [6.07, 6.45) is 0.0818. The minimum Gasteiger partial charge on any atom is -0.455 e. The zero-order valence-electron chi connectivity index (χ0n) is 19.0. The number of nitrogens with zero attached hydrogens (tertiary/aromatic N) is 3. The van der Waals surface area contributed by atoms with Gasteiger partial charge in [0, 0.05) is 22.3 Å². The largest absolute Gasteiger partial charge is 0.455 e. The van der Waals surface area contributed by atoms with E-state index in [0.717, 1.165) is 22.3 Å². The van der Waals surface area contributed by atoms with Crippen LogP contribution in [0.1, 0.15) is 16.8 Å². The van der Waals surface area contributed by atoms with E-state index in [1.165, 1.54) is 6.33 Å². The fourth-order valence-corrected chi connectivity index (χ4v) is 3.21. The molecule has 2 aromatic heterocycles. The van der Waals surface area contributed by atoms with Crippen molar-refractivity contribution in [3.05, 3.63) is 77.9 Å². The lowest BCUT2D eigenvalue weighted by Crippen LogP contribution is -2.29. The quantitative estimate of drug-likeness (QED) is 0.387. The molecule has 4 rings (SSSR count). The van der Waals surface area contributed by atoms with E-state index in [1.807, 2.05) is 49.5 Å². The lowest BCUT2D eigenvalue weighted by molar-refractivity contribution is -0.131. The number of anilines is 2. The fourth-order valence-electron chi connectivity index (χ4n) is 3.21. The number of aromatic nitrogens is 3. The molecule has 0 aliphatic carbocycles. The smallest absolute Gasteiger partial charge is 0.315 e. The molecule has 0 saturated carbocycles. The van der Waals surface area contributed by atoms with Gasteiger partial charge in [-0.1, -0.05) is 11.8 Å². The topological polar surface area (TPSA) is 89.0 Å². The number of benzene rings is 2. The molecule has 0 unspecified atom stereocenters. The number of carbonyl (C=O) groups excluding carboxylic acids is 1. The van der Waals surface area contributed by atoms with Gasteiger partial charge in [-0.25, -0.2) is 9.97 Å². The zero-order chi connectivity index (χ0) is 24.8. The van der Waals surface area contributed by atoms with Crippen LogP contribution < -0.4 is 15.4 Å². The molecule has 2 heterocycles. The number of pyridine rings is 1. The standard InChI is InChI=1S/C26H21F2N5O2/c1-16-12-19(7-10-23(16)35-20-8-5-17(2)30-14-20)33-25-21-13-18(6-9-22(21)31-15-32-25)4-3-11-29-26(34)24(27)28/h5-10,12-15,24H,11H2,1-2H3,(H,29,34)(H,31,32,33). The number of amides is 1. The molecule has 4 aromatic rings. The van der Waals surface area contributed by atoms with Gasteiger partial charge in [-0.2, -0.15) is 8.78 Å². The molecule has 0 spiro atoms. The summed E-state index contributed by atoms with van der Waals surface area (Å²) in [4.78, 5) is 23.8. The maximum absolute atomic E-state index is 12.2. The van der Waals surface area contributed by atoms with Crippen LogP contribution in [0.3, 0.4) is 0 Å². The lowest BCUT2D eigenvalue weighted by atomic mass is 10.1. The van der Waals surface area contributed by atoms with E-state index < -0.39 is 12.3 Å². The number of alkyl halides is 2. The Bertz CT molecular complexity index is 1430. The summed E-state index contributed by atoms with van der Waals surface area (Å²) >= 11 is 0. The van der Waals surface area contributed by atoms with Gasteiger partial charge in [-0.05, 0) is 67.9 Å². The molecule has 0 aliphatic rings. The van der Waals surface area contributed by atoms with Gasteiger partial charge in [0.15, 0.2) is 0 Å². The van der Waals surface area contributed by atoms with Crippen molar-refractivity contribution in [2.75, 3.05) is 11.9 Å². The Hall–Kier alpha value is -4.58. The third kappa shape index (κ3) is 6.06. The first kappa shape index (κ1) is 23.6. The predicted molar refractivity (Wildman–Crippen MR) is 129 cm³/mol. The van der Waals surface area contributed by atoms with Crippen molar-refractivity contribution < 1.29 is 18.3 Å². The highest BCUT2D eigenvalue weighted by Crippen LogP contribution is 2.29. The normalized spacial score (nSPS) is 10.5. The Balaban J connectivity index is 1.51. The van der Waals surface area contributed by atoms with Gasteiger partial charge in [-0.15, -0.1) is 0 Å². The lowest BCUT2D eigenvalue weighted by Gasteiger charge is -2.12. The molecule has 0 bridgehead atoms. The molecule has 0 radical (unpaired) electrons. The van der Waals surface area contributed by atoms with Crippen LogP contribution in [0.5, 0.6) is 11.5 Å². The van der Waals surface area contributed by atoms with Crippen molar-refractivity contribution >= 4 is 28.3 Å². The van der Waals surface area contributed by atoms with Gasteiger partial charge in [0.25, 0.3) is 5.91 Å². The predicted octanol–water partition coefficient (Wildman–Crippen LogP) is 4.91. The Kier molecular flexibility index (Phi) is 7.12.